The number of hydrogen-bond donors (Lipinski definition) is 1. The highest BCUT2D eigenvalue weighted by molar-refractivity contribution is 5.95. The molecule has 0 atom stereocenters. The predicted octanol–water partition coefficient (Wildman–Crippen LogP) is 2.66. The predicted molar refractivity (Wildman–Crippen MR) is 79.9 cm³/mol. The smallest absolute Gasteiger partial charge is 0.159 e. The number of carbonyl (C=O) groups excluding carboxylic acids is 1. The fraction of sp³-hybridized carbons (Fsp3) is 0.500. The number of nitrogens with zero attached hydrogens (tertiary/aromatic N) is 2. The molecule has 106 valence electrons. The summed E-state index contributed by atoms with van der Waals surface area (Å²) in [5, 5.41) is 12.4. The number of piperidine rings is 1. The summed E-state index contributed by atoms with van der Waals surface area (Å²) in [6.07, 6.45) is 3.90. The van der Waals surface area contributed by atoms with Gasteiger partial charge in [0, 0.05) is 18.7 Å². The summed E-state index contributed by atoms with van der Waals surface area (Å²) in [6, 6.07) is 7.35. The lowest BCUT2D eigenvalue weighted by molar-refractivity contribution is 0.101. The van der Waals surface area contributed by atoms with Crippen molar-refractivity contribution < 1.29 is 4.79 Å². The topological polar surface area (TPSA) is 56.1 Å². The second-order valence-corrected chi connectivity index (χ2v) is 5.26. The van der Waals surface area contributed by atoms with Crippen molar-refractivity contribution in [1.29, 1.82) is 5.26 Å². The maximum absolute atomic E-state index is 11.4. The summed E-state index contributed by atoms with van der Waals surface area (Å²) in [5.74, 6) is 0.0218. The number of Topliss-reactive ketones (excluding diaryl/α,β-unsaturated/α-hetero) is 1. The summed E-state index contributed by atoms with van der Waals surface area (Å²) < 4.78 is 0. The number of nitrogens with one attached hydrogen (secondary N) is 1. The van der Waals surface area contributed by atoms with Crippen molar-refractivity contribution in [2.75, 3.05) is 31.5 Å². The first-order valence-electron chi connectivity index (χ1n) is 7.22. The van der Waals surface area contributed by atoms with E-state index in [0.717, 1.165) is 18.8 Å². The monoisotopic (exact) mass is 271 g/mol. The van der Waals surface area contributed by atoms with Gasteiger partial charge in [-0.25, -0.2) is 0 Å². The molecule has 1 N–H and O–H groups in total. The molecular weight excluding hydrogens is 250 g/mol. The van der Waals surface area contributed by atoms with E-state index in [-0.39, 0.29) is 5.78 Å². The maximum Gasteiger partial charge on any atom is 0.159 e. The largest absolute Gasteiger partial charge is 0.383 e. The molecule has 1 fully saturated rings. The summed E-state index contributed by atoms with van der Waals surface area (Å²) in [4.78, 5) is 13.8. The van der Waals surface area contributed by atoms with Crippen LogP contribution in [-0.2, 0) is 0 Å². The molecule has 0 amide bonds. The first kappa shape index (κ1) is 14.5. The first-order chi connectivity index (χ1) is 9.70. The van der Waals surface area contributed by atoms with Crippen LogP contribution in [0, 0.1) is 11.3 Å². The van der Waals surface area contributed by atoms with Gasteiger partial charge in [-0.3, -0.25) is 4.79 Å². The Morgan fingerprint density at radius 2 is 2.10 bits per heavy atom. The van der Waals surface area contributed by atoms with E-state index < -0.39 is 0 Å². The van der Waals surface area contributed by atoms with Gasteiger partial charge in [-0.1, -0.05) is 6.42 Å². The Kier molecular flexibility index (Phi) is 5.14. The summed E-state index contributed by atoms with van der Waals surface area (Å²) in [5.41, 5.74) is 2.00. The molecule has 1 aromatic rings. The van der Waals surface area contributed by atoms with E-state index >= 15 is 0 Å². The summed E-state index contributed by atoms with van der Waals surface area (Å²) >= 11 is 0. The quantitative estimate of drug-likeness (QED) is 0.836. The van der Waals surface area contributed by atoms with E-state index in [2.05, 4.69) is 16.3 Å². The number of anilines is 1. The van der Waals surface area contributed by atoms with E-state index in [1.54, 1.807) is 25.1 Å². The van der Waals surface area contributed by atoms with Gasteiger partial charge in [0.15, 0.2) is 5.78 Å². The van der Waals surface area contributed by atoms with Crippen molar-refractivity contribution in [1.82, 2.24) is 4.90 Å². The van der Waals surface area contributed by atoms with Crippen LogP contribution >= 0.6 is 0 Å². The van der Waals surface area contributed by atoms with Crippen molar-refractivity contribution in [2.45, 2.75) is 26.2 Å². The van der Waals surface area contributed by atoms with Crippen molar-refractivity contribution in [3.63, 3.8) is 0 Å². The Morgan fingerprint density at radius 3 is 2.75 bits per heavy atom. The molecule has 0 bridgehead atoms. The third kappa shape index (κ3) is 3.82. The lowest BCUT2D eigenvalue weighted by Crippen LogP contribution is -2.33. The lowest BCUT2D eigenvalue weighted by Gasteiger charge is -2.26. The maximum atomic E-state index is 11.4. The zero-order valence-corrected chi connectivity index (χ0v) is 12.0. The van der Waals surface area contributed by atoms with Crippen LogP contribution in [0.2, 0.25) is 0 Å². The van der Waals surface area contributed by atoms with Crippen LogP contribution in [0.1, 0.15) is 42.1 Å². The number of carbonyl (C=O) groups is 1. The Morgan fingerprint density at radius 1 is 1.35 bits per heavy atom. The van der Waals surface area contributed by atoms with Crippen molar-refractivity contribution in [2.24, 2.45) is 0 Å². The molecule has 2 rings (SSSR count). The summed E-state index contributed by atoms with van der Waals surface area (Å²) in [6.45, 7) is 5.66. The molecule has 4 nitrogen and oxygen atoms in total. The molecule has 0 aliphatic carbocycles. The Labute approximate surface area is 120 Å². The molecule has 1 aliphatic heterocycles. The highest BCUT2D eigenvalue weighted by Gasteiger charge is 2.10. The molecule has 1 aromatic carbocycles. The second kappa shape index (κ2) is 7.06. The van der Waals surface area contributed by atoms with Crippen molar-refractivity contribution in [3.8, 4) is 6.07 Å². The molecule has 1 aliphatic rings. The van der Waals surface area contributed by atoms with Crippen LogP contribution in [0.4, 0.5) is 5.69 Å². The van der Waals surface area contributed by atoms with Crippen molar-refractivity contribution >= 4 is 11.5 Å². The van der Waals surface area contributed by atoms with E-state index in [9.17, 15) is 4.79 Å². The van der Waals surface area contributed by atoms with Gasteiger partial charge in [-0.2, -0.15) is 5.26 Å². The number of likely N-dealkylation sites (tertiary alicyclic amines) is 1. The van der Waals surface area contributed by atoms with Gasteiger partial charge < -0.3 is 10.2 Å². The third-order valence-electron chi connectivity index (χ3n) is 3.74. The standard InChI is InChI=1S/C16H21N3O/c1-13(20)14-5-6-15(12-17)16(11-14)18-7-10-19-8-3-2-4-9-19/h5-6,11,18H,2-4,7-10H2,1H3. The molecule has 0 radical (unpaired) electrons. The van der Waals surface area contributed by atoms with Gasteiger partial charge in [0.2, 0.25) is 0 Å². The highest BCUT2D eigenvalue weighted by Crippen LogP contribution is 2.17. The van der Waals surface area contributed by atoms with E-state index in [0.29, 0.717) is 11.1 Å². The zero-order chi connectivity index (χ0) is 14.4. The molecule has 20 heavy (non-hydrogen) atoms. The number of rotatable bonds is 5. The Balaban J connectivity index is 1.95. The molecular formula is C16H21N3O. The minimum absolute atomic E-state index is 0.0218. The highest BCUT2D eigenvalue weighted by atomic mass is 16.1. The Hall–Kier alpha value is -1.86. The van der Waals surface area contributed by atoms with Crippen LogP contribution < -0.4 is 5.32 Å². The Bertz CT molecular complexity index is 513. The van der Waals surface area contributed by atoms with Crippen LogP contribution in [0.15, 0.2) is 18.2 Å². The summed E-state index contributed by atoms with van der Waals surface area (Å²) in [7, 11) is 0. The normalized spacial score (nSPS) is 15.6. The minimum atomic E-state index is 0.0218. The zero-order valence-electron chi connectivity index (χ0n) is 12.0. The van der Waals surface area contributed by atoms with E-state index in [4.69, 9.17) is 5.26 Å². The minimum Gasteiger partial charge on any atom is -0.383 e. The van der Waals surface area contributed by atoms with Gasteiger partial charge in [-0.15, -0.1) is 0 Å². The molecule has 0 saturated carbocycles. The van der Waals surface area contributed by atoms with E-state index in [1.807, 2.05) is 0 Å². The SMILES string of the molecule is CC(=O)c1ccc(C#N)c(NCCN2CCCCC2)c1. The van der Waals surface area contributed by atoms with Crippen LogP contribution in [0.3, 0.4) is 0 Å². The number of nitriles is 1. The van der Waals surface area contributed by atoms with Gasteiger partial charge >= 0.3 is 0 Å². The van der Waals surface area contributed by atoms with Gasteiger partial charge in [-0.05, 0) is 51.1 Å². The molecule has 0 unspecified atom stereocenters. The van der Waals surface area contributed by atoms with E-state index in [1.165, 1.54) is 32.4 Å². The molecule has 1 heterocycles. The number of ketones is 1. The van der Waals surface area contributed by atoms with Crippen LogP contribution in [0.5, 0.6) is 0 Å². The fourth-order valence-corrected chi connectivity index (χ4v) is 2.54. The second-order valence-electron chi connectivity index (χ2n) is 5.26. The van der Waals surface area contributed by atoms with Crippen LogP contribution in [0.25, 0.3) is 0 Å². The molecule has 0 spiro atoms. The van der Waals surface area contributed by atoms with Gasteiger partial charge in [0.05, 0.1) is 11.3 Å². The van der Waals surface area contributed by atoms with Gasteiger partial charge in [0.25, 0.3) is 0 Å². The number of benzene rings is 1. The number of hydrogen-bond acceptors (Lipinski definition) is 4. The lowest BCUT2D eigenvalue weighted by atomic mass is 10.1. The van der Waals surface area contributed by atoms with Crippen LogP contribution in [-0.4, -0.2) is 36.9 Å². The molecule has 4 heteroatoms. The average Bonchev–Trinajstić information content (AvgIpc) is 2.48. The molecule has 1 saturated heterocycles. The first-order valence-corrected chi connectivity index (χ1v) is 7.22. The fourth-order valence-electron chi connectivity index (χ4n) is 2.54. The third-order valence-corrected chi connectivity index (χ3v) is 3.74. The average molecular weight is 271 g/mol. The van der Waals surface area contributed by atoms with Gasteiger partial charge in [0.1, 0.15) is 6.07 Å². The molecule has 0 aromatic heterocycles. The van der Waals surface area contributed by atoms with Crippen molar-refractivity contribution in [3.05, 3.63) is 29.3 Å².